The van der Waals surface area contributed by atoms with Crippen LogP contribution in [0.15, 0.2) is 36.4 Å². The maximum atomic E-state index is 12.9. The van der Waals surface area contributed by atoms with Gasteiger partial charge in [-0.25, -0.2) is 4.79 Å². The number of esters is 1. The van der Waals surface area contributed by atoms with Crippen LogP contribution in [0.1, 0.15) is 69.7 Å². The Morgan fingerprint density at radius 1 is 1.04 bits per heavy atom. The molecule has 1 aliphatic rings. The zero-order chi connectivity index (χ0) is 18.2. The van der Waals surface area contributed by atoms with E-state index in [0.717, 1.165) is 24.0 Å². The summed E-state index contributed by atoms with van der Waals surface area (Å²) in [6.45, 7) is 6.55. The molecule has 0 radical (unpaired) electrons. The monoisotopic (exact) mass is 336 g/mol. The molecule has 0 fully saturated rings. The van der Waals surface area contributed by atoms with Crippen molar-refractivity contribution in [2.24, 2.45) is 0 Å². The number of ketones is 1. The molecule has 0 N–H and O–H groups in total. The van der Waals surface area contributed by atoms with Gasteiger partial charge < -0.3 is 4.74 Å². The number of ether oxygens (including phenoxy) is 1. The summed E-state index contributed by atoms with van der Waals surface area (Å²) >= 11 is 0. The minimum absolute atomic E-state index is 0.0000883. The molecule has 3 rings (SSSR count). The standard InChI is InChI=1S/C22H24O3/c1-14-12-19-17(6-5-11-22(19,2)3)13-18(14)20(23)15-7-9-16(10-8-15)21(24)25-4/h7-10,12-13H,5-6,11H2,1-4H3. The third kappa shape index (κ3) is 3.23. The summed E-state index contributed by atoms with van der Waals surface area (Å²) in [6.07, 6.45) is 3.37. The fourth-order valence-electron chi connectivity index (χ4n) is 3.72. The predicted molar refractivity (Wildman–Crippen MR) is 98.4 cm³/mol. The Balaban J connectivity index is 1.96. The van der Waals surface area contributed by atoms with Crippen LogP contribution in [0.3, 0.4) is 0 Å². The molecule has 0 aliphatic heterocycles. The van der Waals surface area contributed by atoms with Crippen molar-refractivity contribution in [2.75, 3.05) is 7.11 Å². The predicted octanol–water partition coefficient (Wildman–Crippen LogP) is 4.63. The van der Waals surface area contributed by atoms with Gasteiger partial charge in [0, 0.05) is 11.1 Å². The largest absolute Gasteiger partial charge is 0.465 e. The van der Waals surface area contributed by atoms with Gasteiger partial charge in [-0.15, -0.1) is 0 Å². The summed E-state index contributed by atoms with van der Waals surface area (Å²) in [4.78, 5) is 24.5. The van der Waals surface area contributed by atoms with Crippen molar-refractivity contribution >= 4 is 11.8 Å². The number of methoxy groups -OCH3 is 1. The number of fused-ring (bicyclic) bond motifs is 1. The highest BCUT2D eigenvalue weighted by Gasteiger charge is 2.28. The maximum Gasteiger partial charge on any atom is 0.337 e. The van der Waals surface area contributed by atoms with E-state index in [1.807, 2.05) is 6.92 Å². The zero-order valence-corrected chi connectivity index (χ0v) is 15.3. The van der Waals surface area contributed by atoms with E-state index in [9.17, 15) is 9.59 Å². The molecular weight excluding hydrogens is 312 g/mol. The van der Waals surface area contributed by atoms with E-state index in [1.165, 1.54) is 24.7 Å². The van der Waals surface area contributed by atoms with Crippen molar-refractivity contribution in [1.29, 1.82) is 0 Å². The molecule has 1 aliphatic carbocycles. The smallest absolute Gasteiger partial charge is 0.337 e. The molecule has 0 bridgehead atoms. The first-order valence-corrected chi connectivity index (χ1v) is 8.70. The first-order chi connectivity index (χ1) is 11.8. The zero-order valence-electron chi connectivity index (χ0n) is 15.3. The van der Waals surface area contributed by atoms with Crippen molar-refractivity contribution in [1.82, 2.24) is 0 Å². The molecule has 3 nitrogen and oxygen atoms in total. The third-order valence-electron chi connectivity index (χ3n) is 5.24. The molecule has 130 valence electrons. The average molecular weight is 336 g/mol. The van der Waals surface area contributed by atoms with E-state index in [1.54, 1.807) is 24.3 Å². The highest BCUT2D eigenvalue weighted by Crippen LogP contribution is 2.38. The molecule has 2 aromatic rings. The number of aryl methyl sites for hydroxylation is 2. The second-order valence-electron chi connectivity index (χ2n) is 7.46. The lowest BCUT2D eigenvalue weighted by Gasteiger charge is -2.33. The Morgan fingerprint density at radius 2 is 1.68 bits per heavy atom. The lowest BCUT2D eigenvalue weighted by molar-refractivity contribution is 0.0600. The Hall–Kier alpha value is -2.42. The summed E-state index contributed by atoms with van der Waals surface area (Å²) in [5.41, 5.74) is 5.62. The maximum absolute atomic E-state index is 12.9. The number of benzene rings is 2. The minimum atomic E-state index is -0.397. The highest BCUT2D eigenvalue weighted by atomic mass is 16.5. The van der Waals surface area contributed by atoms with Gasteiger partial charge in [0.15, 0.2) is 5.78 Å². The molecule has 0 aromatic heterocycles. The van der Waals surface area contributed by atoms with Gasteiger partial charge in [-0.2, -0.15) is 0 Å². The van der Waals surface area contributed by atoms with Crippen LogP contribution in [0.4, 0.5) is 0 Å². The van der Waals surface area contributed by atoms with Crippen LogP contribution < -0.4 is 0 Å². The number of carbonyl (C=O) groups excluding carboxylic acids is 2. The molecule has 0 heterocycles. The van der Waals surface area contributed by atoms with Crippen molar-refractivity contribution in [3.63, 3.8) is 0 Å². The van der Waals surface area contributed by atoms with Gasteiger partial charge in [0.1, 0.15) is 0 Å². The SMILES string of the molecule is COC(=O)c1ccc(C(=O)c2cc3c(cc2C)C(C)(C)CCC3)cc1. The first-order valence-electron chi connectivity index (χ1n) is 8.70. The number of rotatable bonds is 3. The fraction of sp³-hybridized carbons (Fsp3) is 0.364. The summed E-state index contributed by atoms with van der Waals surface area (Å²) in [6, 6.07) is 10.9. The number of carbonyl (C=O) groups is 2. The van der Waals surface area contributed by atoms with Crippen LogP contribution in [0, 0.1) is 6.92 Å². The minimum Gasteiger partial charge on any atom is -0.465 e. The molecule has 25 heavy (non-hydrogen) atoms. The average Bonchev–Trinajstić information content (AvgIpc) is 2.60. The molecule has 0 unspecified atom stereocenters. The van der Waals surface area contributed by atoms with E-state index >= 15 is 0 Å². The van der Waals surface area contributed by atoms with E-state index in [0.29, 0.717) is 11.1 Å². The molecule has 0 spiro atoms. The van der Waals surface area contributed by atoms with Crippen molar-refractivity contribution < 1.29 is 14.3 Å². The van der Waals surface area contributed by atoms with Gasteiger partial charge in [-0.3, -0.25) is 4.79 Å². The van der Waals surface area contributed by atoms with E-state index in [4.69, 9.17) is 4.74 Å². The Kier molecular flexibility index (Phi) is 4.51. The quantitative estimate of drug-likeness (QED) is 0.606. The molecule has 3 heteroatoms. The van der Waals surface area contributed by atoms with E-state index < -0.39 is 5.97 Å². The number of hydrogen-bond acceptors (Lipinski definition) is 3. The fourth-order valence-corrected chi connectivity index (χ4v) is 3.72. The molecule has 0 amide bonds. The second-order valence-corrected chi connectivity index (χ2v) is 7.46. The van der Waals surface area contributed by atoms with Crippen LogP contribution in [-0.4, -0.2) is 18.9 Å². The van der Waals surface area contributed by atoms with Crippen LogP contribution in [-0.2, 0) is 16.6 Å². The molecule has 0 atom stereocenters. The second kappa shape index (κ2) is 6.47. The molecule has 0 saturated carbocycles. The van der Waals surface area contributed by atoms with E-state index in [-0.39, 0.29) is 11.2 Å². The topological polar surface area (TPSA) is 43.4 Å². The Morgan fingerprint density at radius 3 is 2.32 bits per heavy atom. The Bertz CT molecular complexity index is 829. The summed E-state index contributed by atoms with van der Waals surface area (Å²) in [7, 11) is 1.35. The lowest BCUT2D eigenvalue weighted by atomic mass is 9.71. The van der Waals surface area contributed by atoms with Gasteiger partial charge in [0.2, 0.25) is 0 Å². The number of hydrogen-bond donors (Lipinski definition) is 0. The first kappa shape index (κ1) is 17.4. The third-order valence-corrected chi connectivity index (χ3v) is 5.24. The summed E-state index contributed by atoms with van der Waals surface area (Å²) in [5, 5.41) is 0. The summed E-state index contributed by atoms with van der Waals surface area (Å²) in [5.74, 6) is -0.397. The van der Waals surface area contributed by atoms with Crippen LogP contribution in [0.2, 0.25) is 0 Å². The van der Waals surface area contributed by atoms with Gasteiger partial charge >= 0.3 is 5.97 Å². The van der Waals surface area contributed by atoms with Crippen LogP contribution in [0.5, 0.6) is 0 Å². The molecular formula is C22H24O3. The van der Waals surface area contributed by atoms with Gasteiger partial charge in [-0.05, 0) is 66.5 Å². The van der Waals surface area contributed by atoms with Gasteiger partial charge in [0.25, 0.3) is 0 Å². The Labute approximate surface area is 149 Å². The van der Waals surface area contributed by atoms with Crippen molar-refractivity contribution in [2.45, 2.75) is 45.4 Å². The van der Waals surface area contributed by atoms with Crippen molar-refractivity contribution in [3.8, 4) is 0 Å². The lowest BCUT2D eigenvalue weighted by Crippen LogP contribution is -2.24. The summed E-state index contributed by atoms with van der Waals surface area (Å²) < 4.78 is 4.70. The normalized spacial score (nSPS) is 15.4. The molecule has 2 aromatic carbocycles. The van der Waals surface area contributed by atoms with E-state index in [2.05, 4.69) is 26.0 Å². The van der Waals surface area contributed by atoms with Gasteiger partial charge in [0.05, 0.1) is 12.7 Å². The highest BCUT2D eigenvalue weighted by molar-refractivity contribution is 6.10. The van der Waals surface area contributed by atoms with Crippen LogP contribution >= 0.6 is 0 Å². The van der Waals surface area contributed by atoms with Crippen molar-refractivity contribution in [3.05, 3.63) is 69.8 Å². The van der Waals surface area contributed by atoms with Crippen LogP contribution in [0.25, 0.3) is 0 Å². The molecule has 0 saturated heterocycles. The van der Waals surface area contributed by atoms with Gasteiger partial charge in [-0.1, -0.05) is 32.0 Å².